The Labute approximate surface area is 191 Å². The molecule has 4 rings (SSSR count). The van der Waals surface area contributed by atoms with Crippen molar-refractivity contribution < 1.29 is 9.59 Å². The summed E-state index contributed by atoms with van der Waals surface area (Å²) in [6.45, 7) is 4.97. The van der Waals surface area contributed by atoms with Crippen molar-refractivity contribution in [1.82, 2.24) is 15.5 Å². The van der Waals surface area contributed by atoms with Gasteiger partial charge < -0.3 is 15.5 Å². The van der Waals surface area contributed by atoms with E-state index in [1.54, 1.807) is 0 Å². The van der Waals surface area contributed by atoms with E-state index in [1.165, 1.54) is 5.56 Å². The van der Waals surface area contributed by atoms with Crippen LogP contribution in [0.3, 0.4) is 0 Å². The summed E-state index contributed by atoms with van der Waals surface area (Å²) in [4.78, 5) is 27.4. The summed E-state index contributed by atoms with van der Waals surface area (Å²) in [5.41, 5.74) is 3.02. The van der Waals surface area contributed by atoms with Gasteiger partial charge >= 0.3 is 0 Å². The first-order valence-corrected chi connectivity index (χ1v) is 11.7. The maximum Gasteiger partial charge on any atom is 0.251 e. The number of nitrogens with one attached hydrogen (secondary N) is 2. The summed E-state index contributed by atoms with van der Waals surface area (Å²) < 4.78 is 0. The average Bonchev–Trinajstić information content (AvgIpc) is 3.70. The lowest BCUT2D eigenvalue weighted by atomic mass is 9.94. The van der Waals surface area contributed by atoms with Gasteiger partial charge in [0.1, 0.15) is 0 Å². The summed E-state index contributed by atoms with van der Waals surface area (Å²) in [6, 6.07) is 18.7. The third kappa shape index (κ3) is 4.73. The molecule has 5 nitrogen and oxygen atoms in total. The molecule has 0 unspecified atom stereocenters. The van der Waals surface area contributed by atoms with Gasteiger partial charge in [0.05, 0.1) is 5.92 Å². The van der Waals surface area contributed by atoms with E-state index >= 15 is 0 Å². The Morgan fingerprint density at radius 1 is 1.06 bits per heavy atom. The van der Waals surface area contributed by atoms with E-state index in [1.807, 2.05) is 56.6 Å². The molecule has 0 spiro atoms. The average molecular weight is 434 g/mol. The standard InChI is InChI=1S/C27H35N3O2/c1-18-24(27(18,2)21-8-6-5-7-9-21)26(32)28-17-23(30(3)4)16-19-10-12-20(13-11-19)25(31)29-22-14-15-22/h5-13,18,22-24H,14-17H2,1-4H3,(H,28,32)(H,29,31)/t18-,23-,24-,27+/m0/s1. The topological polar surface area (TPSA) is 61.4 Å². The molecule has 2 N–H and O–H groups in total. The zero-order chi connectivity index (χ0) is 22.9. The quantitative estimate of drug-likeness (QED) is 0.637. The highest BCUT2D eigenvalue weighted by Gasteiger charge is 2.62. The molecular weight excluding hydrogens is 398 g/mol. The van der Waals surface area contributed by atoms with Crippen molar-refractivity contribution in [1.29, 1.82) is 0 Å². The van der Waals surface area contributed by atoms with Crippen molar-refractivity contribution in [3.63, 3.8) is 0 Å². The Morgan fingerprint density at radius 3 is 2.31 bits per heavy atom. The number of rotatable bonds is 9. The van der Waals surface area contributed by atoms with Gasteiger partial charge in [-0.05, 0) is 62.5 Å². The number of hydrogen-bond acceptors (Lipinski definition) is 3. The number of hydrogen-bond donors (Lipinski definition) is 2. The predicted octanol–water partition coefficient (Wildman–Crippen LogP) is 3.39. The number of carbonyl (C=O) groups excluding carboxylic acids is 2. The van der Waals surface area contributed by atoms with Crippen molar-refractivity contribution in [2.45, 2.75) is 50.6 Å². The number of benzene rings is 2. The van der Waals surface area contributed by atoms with Gasteiger partial charge in [-0.2, -0.15) is 0 Å². The molecule has 2 aromatic rings. The lowest BCUT2D eigenvalue weighted by Crippen LogP contribution is -2.42. The summed E-state index contributed by atoms with van der Waals surface area (Å²) >= 11 is 0. The van der Waals surface area contributed by atoms with Crippen LogP contribution in [0.1, 0.15) is 48.2 Å². The fourth-order valence-electron chi connectivity index (χ4n) is 4.79. The van der Waals surface area contributed by atoms with Crippen LogP contribution in [0.5, 0.6) is 0 Å². The van der Waals surface area contributed by atoms with Crippen molar-refractivity contribution in [2.75, 3.05) is 20.6 Å². The Kier molecular flexibility index (Phi) is 6.38. The molecule has 5 heteroatoms. The van der Waals surface area contributed by atoms with Crippen molar-refractivity contribution >= 4 is 11.8 Å². The minimum Gasteiger partial charge on any atom is -0.354 e. The van der Waals surface area contributed by atoms with Crippen LogP contribution in [0, 0.1) is 11.8 Å². The van der Waals surface area contributed by atoms with Gasteiger partial charge in [0.2, 0.25) is 5.91 Å². The molecule has 0 heterocycles. The molecule has 0 aliphatic heterocycles. The number of carbonyl (C=O) groups is 2. The first kappa shape index (κ1) is 22.5. The summed E-state index contributed by atoms with van der Waals surface area (Å²) in [6.07, 6.45) is 2.99. The lowest BCUT2D eigenvalue weighted by Gasteiger charge is -2.25. The highest BCUT2D eigenvalue weighted by molar-refractivity contribution is 5.94. The number of amides is 2. The minimum absolute atomic E-state index is 0.00971. The van der Waals surface area contributed by atoms with Gasteiger partial charge in [-0.1, -0.05) is 56.3 Å². The van der Waals surface area contributed by atoms with E-state index in [0.29, 0.717) is 24.1 Å². The Morgan fingerprint density at radius 2 is 1.72 bits per heavy atom. The van der Waals surface area contributed by atoms with E-state index in [2.05, 4.69) is 41.5 Å². The van der Waals surface area contributed by atoms with Gasteiger partial charge in [-0.15, -0.1) is 0 Å². The highest BCUT2D eigenvalue weighted by atomic mass is 16.2. The second-order valence-electron chi connectivity index (χ2n) is 9.93. The molecule has 170 valence electrons. The molecule has 2 saturated carbocycles. The summed E-state index contributed by atoms with van der Waals surface area (Å²) in [7, 11) is 4.09. The van der Waals surface area contributed by atoms with Gasteiger partial charge in [0.15, 0.2) is 0 Å². The van der Waals surface area contributed by atoms with Crippen LogP contribution < -0.4 is 10.6 Å². The normalized spacial score (nSPS) is 25.3. The smallest absolute Gasteiger partial charge is 0.251 e. The maximum absolute atomic E-state index is 13.0. The monoisotopic (exact) mass is 433 g/mol. The molecule has 32 heavy (non-hydrogen) atoms. The molecule has 0 bridgehead atoms. The number of likely N-dealkylation sites (N-methyl/N-ethyl adjacent to an activating group) is 1. The first-order valence-electron chi connectivity index (χ1n) is 11.7. The largest absolute Gasteiger partial charge is 0.354 e. The molecule has 2 amide bonds. The highest BCUT2D eigenvalue weighted by Crippen LogP contribution is 2.59. The zero-order valence-electron chi connectivity index (χ0n) is 19.6. The molecule has 2 fully saturated rings. The van der Waals surface area contributed by atoms with Gasteiger partial charge in [-0.25, -0.2) is 0 Å². The van der Waals surface area contributed by atoms with Crippen molar-refractivity contribution in [3.8, 4) is 0 Å². The van der Waals surface area contributed by atoms with E-state index in [-0.39, 0.29) is 29.2 Å². The van der Waals surface area contributed by atoms with Gasteiger partial charge in [0.25, 0.3) is 5.91 Å². The van der Waals surface area contributed by atoms with E-state index in [4.69, 9.17) is 0 Å². The summed E-state index contributed by atoms with van der Waals surface area (Å²) in [5, 5.41) is 6.24. The molecule has 0 saturated heterocycles. The minimum atomic E-state index is -0.0875. The first-order chi connectivity index (χ1) is 15.3. The molecule has 2 aliphatic carbocycles. The SMILES string of the molecule is C[C@H]1[C@@H](C(=O)NC[C@H](Cc2ccc(C(=O)NC3CC3)cc2)N(C)C)[C@@]1(C)c1ccccc1. The van der Waals surface area contributed by atoms with Gasteiger partial charge in [0, 0.05) is 29.6 Å². The Bertz CT molecular complexity index is 953. The predicted molar refractivity (Wildman–Crippen MR) is 128 cm³/mol. The van der Waals surface area contributed by atoms with Crippen LogP contribution in [0.2, 0.25) is 0 Å². The van der Waals surface area contributed by atoms with Crippen LogP contribution in [0.25, 0.3) is 0 Å². The second kappa shape index (κ2) is 9.07. The molecule has 2 aliphatic rings. The second-order valence-corrected chi connectivity index (χ2v) is 9.93. The summed E-state index contributed by atoms with van der Waals surface area (Å²) in [5.74, 6) is 0.493. The van der Waals surface area contributed by atoms with Crippen molar-refractivity contribution in [2.24, 2.45) is 11.8 Å². The molecule has 4 atom stereocenters. The molecule has 0 aromatic heterocycles. The Balaban J connectivity index is 1.33. The van der Waals surface area contributed by atoms with Gasteiger partial charge in [-0.3, -0.25) is 9.59 Å². The Hall–Kier alpha value is -2.66. The van der Waals surface area contributed by atoms with Crippen LogP contribution >= 0.6 is 0 Å². The van der Waals surface area contributed by atoms with Crippen LogP contribution in [0.15, 0.2) is 54.6 Å². The number of nitrogens with zero attached hydrogens (tertiary/aromatic N) is 1. The van der Waals surface area contributed by atoms with Crippen LogP contribution in [-0.2, 0) is 16.6 Å². The fraction of sp³-hybridized carbons (Fsp3) is 0.481. The molecule has 2 aromatic carbocycles. The lowest BCUT2D eigenvalue weighted by molar-refractivity contribution is -0.123. The van der Waals surface area contributed by atoms with E-state index < -0.39 is 0 Å². The molecule has 0 radical (unpaired) electrons. The van der Waals surface area contributed by atoms with Crippen LogP contribution in [-0.4, -0.2) is 49.4 Å². The van der Waals surface area contributed by atoms with E-state index in [9.17, 15) is 9.59 Å². The fourth-order valence-corrected chi connectivity index (χ4v) is 4.79. The third-order valence-corrected chi connectivity index (χ3v) is 7.50. The zero-order valence-corrected chi connectivity index (χ0v) is 19.6. The maximum atomic E-state index is 13.0. The van der Waals surface area contributed by atoms with E-state index in [0.717, 1.165) is 24.8 Å². The van der Waals surface area contributed by atoms with Crippen molar-refractivity contribution in [3.05, 3.63) is 71.3 Å². The molecular formula is C27H35N3O2. The third-order valence-electron chi connectivity index (χ3n) is 7.50. The van der Waals surface area contributed by atoms with Crippen LogP contribution in [0.4, 0.5) is 0 Å².